The molecule has 0 spiro atoms. The lowest BCUT2D eigenvalue weighted by molar-refractivity contribution is -0.0388. The van der Waals surface area contributed by atoms with Crippen molar-refractivity contribution in [2.45, 2.75) is 38.5 Å². The van der Waals surface area contributed by atoms with Crippen molar-refractivity contribution in [2.75, 3.05) is 19.7 Å². The molecule has 1 aromatic carbocycles. The quantitative estimate of drug-likeness (QED) is 0.864. The van der Waals surface area contributed by atoms with Gasteiger partial charge in [-0.1, -0.05) is 18.2 Å². The maximum Gasteiger partial charge on any atom is 0.163 e. The molecule has 128 valence electrons. The number of benzene rings is 1. The molecule has 2 aromatic rings. The molecular formula is C18H24N4O2. The Morgan fingerprint density at radius 1 is 1.33 bits per heavy atom. The summed E-state index contributed by atoms with van der Waals surface area (Å²) in [5.74, 6) is 1.96. The molecule has 2 aliphatic rings. The average molecular weight is 328 g/mol. The van der Waals surface area contributed by atoms with Gasteiger partial charge in [-0.2, -0.15) is 0 Å². The number of rotatable bonds is 3. The molecule has 24 heavy (non-hydrogen) atoms. The maximum absolute atomic E-state index is 6.20. The topological polar surface area (TPSA) is 52.4 Å². The van der Waals surface area contributed by atoms with Crippen LogP contribution >= 0.6 is 0 Å². The molecule has 0 N–H and O–H groups in total. The summed E-state index contributed by atoms with van der Waals surface area (Å²) in [7, 11) is 1.96. The van der Waals surface area contributed by atoms with E-state index in [9.17, 15) is 0 Å². The summed E-state index contributed by atoms with van der Waals surface area (Å²) in [6, 6.07) is 6.49. The predicted molar refractivity (Wildman–Crippen MR) is 89.8 cm³/mol. The van der Waals surface area contributed by atoms with Gasteiger partial charge in [-0.15, -0.1) is 10.2 Å². The largest absolute Gasteiger partial charge is 0.487 e. The van der Waals surface area contributed by atoms with Crippen LogP contribution in [0.2, 0.25) is 0 Å². The number of fused-ring (bicyclic) bond motifs is 1. The second kappa shape index (κ2) is 5.86. The normalized spacial score (nSPS) is 23.0. The molecule has 1 atom stereocenters. The highest BCUT2D eigenvalue weighted by Gasteiger charge is 2.32. The van der Waals surface area contributed by atoms with Crippen LogP contribution in [0.15, 0.2) is 24.5 Å². The first-order valence-electron chi connectivity index (χ1n) is 8.49. The zero-order chi connectivity index (χ0) is 16.7. The molecule has 4 rings (SSSR count). The smallest absolute Gasteiger partial charge is 0.163 e. The van der Waals surface area contributed by atoms with E-state index in [0.29, 0.717) is 6.61 Å². The summed E-state index contributed by atoms with van der Waals surface area (Å²) < 4.78 is 14.0. The van der Waals surface area contributed by atoms with Gasteiger partial charge in [-0.3, -0.25) is 4.90 Å². The summed E-state index contributed by atoms with van der Waals surface area (Å²) in [5, 5.41) is 8.16. The number of hydrogen-bond acceptors (Lipinski definition) is 5. The molecule has 1 fully saturated rings. The van der Waals surface area contributed by atoms with Crippen LogP contribution in [0.5, 0.6) is 5.75 Å². The van der Waals surface area contributed by atoms with Crippen LogP contribution in [-0.2, 0) is 24.8 Å². The van der Waals surface area contributed by atoms with Gasteiger partial charge in [0.25, 0.3) is 0 Å². The Bertz CT molecular complexity index is 740. The molecule has 0 unspecified atom stereocenters. The number of aromatic nitrogens is 3. The van der Waals surface area contributed by atoms with Crippen molar-refractivity contribution >= 4 is 0 Å². The first-order chi connectivity index (χ1) is 11.5. The number of nitrogens with zero attached hydrogens (tertiary/aromatic N) is 4. The second-order valence-electron chi connectivity index (χ2n) is 7.34. The van der Waals surface area contributed by atoms with Crippen LogP contribution in [0.25, 0.3) is 0 Å². The minimum atomic E-state index is -0.107. The molecule has 1 aromatic heterocycles. The van der Waals surface area contributed by atoms with Crippen LogP contribution in [0.4, 0.5) is 0 Å². The molecule has 0 bridgehead atoms. The standard InChI is InChI=1S/C18H24N4O2/c1-18(2)9-13-5-4-6-14(16(13)24-18)10-22-7-8-23-15(11-22)17-20-19-12-21(17)3/h4-6,12,15H,7-11H2,1-3H3/t15-/m1/s1. The van der Waals surface area contributed by atoms with Gasteiger partial charge in [0.05, 0.1) is 6.61 Å². The number of ether oxygens (including phenoxy) is 2. The Labute approximate surface area is 142 Å². The van der Waals surface area contributed by atoms with E-state index in [1.807, 2.05) is 11.6 Å². The summed E-state index contributed by atoms with van der Waals surface area (Å²) in [6.45, 7) is 7.61. The Morgan fingerprint density at radius 2 is 2.21 bits per heavy atom. The first kappa shape index (κ1) is 15.6. The van der Waals surface area contributed by atoms with Crippen molar-refractivity contribution in [3.8, 4) is 5.75 Å². The average Bonchev–Trinajstić information content (AvgIpc) is 3.10. The van der Waals surface area contributed by atoms with E-state index in [-0.39, 0.29) is 11.7 Å². The van der Waals surface area contributed by atoms with Gasteiger partial charge in [0, 0.05) is 38.7 Å². The molecule has 0 radical (unpaired) electrons. The monoisotopic (exact) mass is 328 g/mol. The van der Waals surface area contributed by atoms with Crippen LogP contribution < -0.4 is 4.74 Å². The van der Waals surface area contributed by atoms with E-state index in [0.717, 1.165) is 37.6 Å². The Morgan fingerprint density at radius 3 is 3.00 bits per heavy atom. The third kappa shape index (κ3) is 2.91. The van der Waals surface area contributed by atoms with Crippen molar-refractivity contribution in [2.24, 2.45) is 7.05 Å². The number of morpholine rings is 1. The summed E-state index contributed by atoms with van der Waals surface area (Å²) in [4.78, 5) is 2.41. The Kier molecular flexibility index (Phi) is 3.81. The molecule has 3 heterocycles. The molecule has 6 nitrogen and oxygen atoms in total. The van der Waals surface area contributed by atoms with Gasteiger partial charge in [-0.25, -0.2) is 0 Å². The zero-order valence-electron chi connectivity index (χ0n) is 14.5. The summed E-state index contributed by atoms with van der Waals surface area (Å²) >= 11 is 0. The van der Waals surface area contributed by atoms with Gasteiger partial charge in [0.1, 0.15) is 23.8 Å². The second-order valence-corrected chi connectivity index (χ2v) is 7.34. The molecule has 0 saturated carbocycles. The van der Waals surface area contributed by atoms with Crippen LogP contribution in [0, 0.1) is 0 Å². The fraction of sp³-hybridized carbons (Fsp3) is 0.556. The number of aryl methyl sites for hydroxylation is 1. The van der Waals surface area contributed by atoms with Gasteiger partial charge < -0.3 is 14.0 Å². The lowest BCUT2D eigenvalue weighted by atomic mass is 10.0. The zero-order valence-corrected chi connectivity index (χ0v) is 14.5. The summed E-state index contributed by atoms with van der Waals surface area (Å²) in [6.07, 6.45) is 2.67. The molecule has 0 amide bonds. The third-order valence-electron chi connectivity index (χ3n) is 4.75. The highest BCUT2D eigenvalue weighted by molar-refractivity contribution is 5.45. The Hall–Kier alpha value is -1.92. The van der Waals surface area contributed by atoms with Crippen LogP contribution in [0.1, 0.15) is 36.9 Å². The molecule has 6 heteroatoms. The minimum Gasteiger partial charge on any atom is -0.487 e. The molecule has 0 aliphatic carbocycles. The van der Waals surface area contributed by atoms with Crippen LogP contribution in [0.3, 0.4) is 0 Å². The van der Waals surface area contributed by atoms with Crippen molar-refractivity contribution < 1.29 is 9.47 Å². The van der Waals surface area contributed by atoms with Crippen LogP contribution in [-0.4, -0.2) is 45.0 Å². The molecule has 2 aliphatic heterocycles. The van der Waals surface area contributed by atoms with Crippen molar-refractivity contribution in [1.29, 1.82) is 0 Å². The van der Waals surface area contributed by atoms with Gasteiger partial charge in [0.2, 0.25) is 0 Å². The predicted octanol–water partition coefficient (Wildman–Crippen LogP) is 2.10. The van der Waals surface area contributed by atoms with Gasteiger partial charge in [0.15, 0.2) is 5.82 Å². The SMILES string of the molecule is Cn1cnnc1[C@H]1CN(Cc2cccc3c2OC(C)(C)C3)CCO1. The lowest BCUT2D eigenvalue weighted by Crippen LogP contribution is -2.38. The lowest BCUT2D eigenvalue weighted by Gasteiger charge is -2.32. The van der Waals surface area contributed by atoms with E-state index >= 15 is 0 Å². The van der Waals surface area contributed by atoms with Crippen molar-refractivity contribution in [1.82, 2.24) is 19.7 Å². The van der Waals surface area contributed by atoms with Crippen molar-refractivity contribution in [3.63, 3.8) is 0 Å². The molecule has 1 saturated heterocycles. The highest BCUT2D eigenvalue weighted by Crippen LogP contribution is 2.38. The number of hydrogen-bond donors (Lipinski definition) is 0. The van der Waals surface area contributed by atoms with Gasteiger partial charge in [-0.05, 0) is 19.4 Å². The fourth-order valence-corrected chi connectivity index (χ4v) is 3.63. The maximum atomic E-state index is 6.20. The van der Waals surface area contributed by atoms with Gasteiger partial charge >= 0.3 is 0 Å². The number of para-hydroxylation sites is 1. The van der Waals surface area contributed by atoms with E-state index < -0.39 is 0 Å². The minimum absolute atomic E-state index is 0.0274. The fourth-order valence-electron chi connectivity index (χ4n) is 3.63. The van der Waals surface area contributed by atoms with E-state index in [2.05, 4.69) is 47.1 Å². The van der Waals surface area contributed by atoms with E-state index in [1.165, 1.54) is 11.1 Å². The van der Waals surface area contributed by atoms with Crippen molar-refractivity contribution in [3.05, 3.63) is 41.5 Å². The Balaban J connectivity index is 1.51. The van der Waals surface area contributed by atoms with E-state index in [4.69, 9.17) is 9.47 Å². The van der Waals surface area contributed by atoms with E-state index in [1.54, 1.807) is 6.33 Å². The summed E-state index contributed by atoms with van der Waals surface area (Å²) in [5.41, 5.74) is 2.47. The first-order valence-corrected chi connectivity index (χ1v) is 8.49. The molecular weight excluding hydrogens is 304 g/mol. The third-order valence-corrected chi connectivity index (χ3v) is 4.75. The highest BCUT2D eigenvalue weighted by atomic mass is 16.5.